The molecule has 0 aliphatic carbocycles. The van der Waals surface area contributed by atoms with Gasteiger partial charge in [-0.1, -0.05) is 19.1 Å². The van der Waals surface area contributed by atoms with Crippen LogP contribution in [0, 0.1) is 0 Å². The molecule has 1 amide bonds. The van der Waals surface area contributed by atoms with E-state index in [1.807, 2.05) is 6.92 Å². The number of carbonyl (C=O) groups is 2. The van der Waals surface area contributed by atoms with Gasteiger partial charge in [-0.2, -0.15) is 0 Å². The number of aromatic nitrogens is 3. The zero-order chi connectivity index (χ0) is 24.0. The van der Waals surface area contributed by atoms with Crippen molar-refractivity contribution in [1.82, 2.24) is 20.3 Å². The fourth-order valence-corrected chi connectivity index (χ4v) is 4.20. The Morgan fingerprint density at radius 2 is 1.91 bits per heavy atom. The topological polar surface area (TPSA) is 161 Å². The maximum Gasteiger partial charge on any atom is 0.355 e. The van der Waals surface area contributed by atoms with Gasteiger partial charge in [0.2, 0.25) is 0 Å². The van der Waals surface area contributed by atoms with Gasteiger partial charge in [-0.25, -0.2) is 9.78 Å². The van der Waals surface area contributed by atoms with Crippen LogP contribution < -0.4 is 5.32 Å². The molecule has 0 fully saturated rings. The molecule has 0 saturated carbocycles. The van der Waals surface area contributed by atoms with Gasteiger partial charge in [0.25, 0.3) is 5.91 Å². The zero-order valence-corrected chi connectivity index (χ0v) is 19.5. The van der Waals surface area contributed by atoms with Crippen molar-refractivity contribution in [3.8, 4) is 11.1 Å². The molecule has 6 N–H and O–H groups in total. The first-order valence-electron chi connectivity index (χ1n) is 10.3. The van der Waals surface area contributed by atoms with Gasteiger partial charge in [0, 0.05) is 23.7 Å². The van der Waals surface area contributed by atoms with Crippen LogP contribution in [0.2, 0.25) is 0 Å². The van der Waals surface area contributed by atoms with E-state index in [4.69, 9.17) is 4.74 Å². The van der Waals surface area contributed by atoms with E-state index >= 15 is 0 Å². The highest BCUT2D eigenvalue weighted by Gasteiger charge is 2.26. The molecule has 0 saturated heterocycles. The van der Waals surface area contributed by atoms with E-state index in [2.05, 4.69) is 36.2 Å². The summed E-state index contributed by atoms with van der Waals surface area (Å²) in [5.74, 6) is -0.884. The minimum absolute atomic E-state index is 0.00953. The van der Waals surface area contributed by atoms with Crippen LogP contribution in [0.5, 0.6) is 0 Å². The number of halogens is 1. The van der Waals surface area contributed by atoms with Crippen molar-refractivity contribution in [2.45, 2.75) is 39.7 Å². The Kier molecular flexibility index (Phi) is 8.39. The van der Waals surface area contributed by atoms with Crippen LogP contribution in [-0.2, 0) is 31.1 Å². The largest absolute Gasteiger partial charge is 0.461 e. The molecule has 0 bridgehead atoms. The first-order chi connectivity index (χ1) is 16.0. The molecule has 0 radical (unpaired) electrons. The summed E-state index contributed by atoms with van der Waals surface area (Å²) in [6.07, 6.45) is 3.64. The number of benzene rings is 1. The molecule has 10 nitrogen and oxygen atoms in total. The number of nitrogens with one attached hydrogen (secondary N) is 3. The van der Waals surface area contributed by atoms with Crippen LogP contribution in [0.4, 0.5) is 0 Å². The molecule has 2 heterocycles. The number of carbonyl (C=O) groups excluding carboxylic acids is 2. The molecule has 0 aliphatic rings. The van der Waals surface area contributed by atoms with Gasteiger partial charge in [0.15, 0.2) is 5.82 Å². The SMILES string of the molecule is CCCOC(=O)c1[nH]c(CNC(=O)c2ncc[nH]2)c(-c2ccc(CO)c(CO)c2CO)c1Br. The first-order valence-corrected chi connectivity index (χ1v) is 11.1. The molecule has 0 spiro atoms. The van der Waals surface area contributed by atoms with E-state index in [9.17, 15) is 24.9 Å². The Hall–Kier alpha value is -2.99. The number of amides is 1. The summed E-state index contributed by atoms with van der Waals surface area (Å²) in [6.45, 7) is 1.02. The molecule has 176 valence electrons. The summed E-state index contributed by atoms with van der Waals surface area (Å²) < 4.78 is 5.65. The number of imidazole rings is 1. The van der Waals surface area contributed by atoms with Crippen molar-refractivity contribution < 1.29 is 29.6 Å². The van der Waals surface area contributed by atoms with E-state index in [0.29, 0.717) is 44.4 Å². The summed E-state index contributed by atoms with van der Waals surface area (Å²) in [7, 11) is 0. The molecule has 11 heteroatoms. The second-order valence-corrected chi connectivity index (χ2v) is 7.92. The van der Waals surface area contributed by atoms with Gasteiger partial charge < -0.3 is 35.3 Å². The molecule has 0 aliphatic heterocycles. The number of hydrogen-bond acceptors (Lipinski definition) is 7. The van der Waals surface area contributed by atoms with Crippen LogP contribution in [0.15, 0.2) is 29.0 Å². The van der Waals surface area contributed by atoms with Gasteiger partial charge in [-0.05, 0) is 44.6 Å². The Bertz CT molecular complexity index is 1130. The summed E-state index contributed by atoms with van der Waals surface area (Å²) >= 11 is 3.47. The van der Waals surface area contributed by atoms with Gasteiger partial charge in [0.1, 0.15) is 5.69 Å². The number of ether oxygens (including phenoxy) is 1. The van der Waals surface area contributed by atoms with Crippen LogP contribution >= 0.6 is 15.9 Å². The third-order valence-electron chi connectivity index (χ3n) is 5.08. The number of aliphatic hydroxyl groups excluding tert-OH is 3. The third kappa shape index (κ3) is 5.17. The highest BCUT2D eigenvalue weighted by molar-refractivity contribution is 9.10. The lowest BCUT2D eigenvalue weighted by Gasteiger charge is -2.16. The molecule has 33 heavy (non-hydrogen) atoms. The van der Waals surface area contributed by atoms with E-state index in [0.717, 1.165) is 0 Å². The van der Waals surface area contributed by atoms with Crippen molar-refractivity contribution in [2.75, 3.05) is 6.61 Å². The predicted molar refractivity (Wildman–Crippen MR) is 122 cm³/mol. The van der Waals surface area contributed by atoms with Crippen LogP contribution in [-0.4, -0.2) is 48.8 Å². The molecular formula is C22H25BrN4O6. The fraction of sp³-hybridized carbons (Fsp3) is 0.318. The zero-order valence-electron chi connectivity index (χ0n) is 17.9. The number of aliphatic hydroxyl groups is 3. The molecule has 3 aromatic rings. The summed E-state index contributed by atoms with van der Waals surface area (Å²) in [5, 5.41) is 32.3. The van der Waals surface area contributed by atoms with Gasteiger partial charge >= 0.3 is 5.97 Å². The summed E-state index contributed by atoms with van der Waals surface area (Å²) in [4.78, 5) is 34.6. The lowest BCUT2D eigenvalue weighted by atomic mass is 9.92. The number of aromatic amines is 2. The lowest BCUT2D eigenvalue weighted by Crippen LogP contribution is -2.24. The summed E-state index contributed by atoms with van der Waals surface area (Å²) in [6, 6.07) is 3.32. The second kappa shape index (κ2) is 11.2. The Balaban J connectivity index is 2.09. The summed E-state index contributed by atoms with van der Waals surface area (Å²) in [5.41, 5.74) is 2.94. The second-order valence-electron chi connectivity index (χ2n) is 7.13. The van der Waals surface area contributed by atoms with Crippen molar-refractivity contribution in [2.24, 2.45) is 0 Å². The Morgan fingerprint density at radius 3 is 2.52 bits per heavy atom. The highest BCUT2D eigenvalue weighted by Crippen LogP contribution is 2.39. The Morgan fingerprint density at radius 1 is 1.15 bits per heavy atom. The quantitative estimate of drug-likeness (QED) is 0.223. The van der Waals surface area contributed by atoms with Crippen molar-refractivity contribution in [3.63, 3.8) is 0 Å². The molecule has 2 aromatic heterocycles. The van der Waals surface area contributed by atoms with Crippen LogP contribution in [0.1, 0.15) is 56.8 Å². The average Bonchev–Trinajstić information content (AvgIpc) is 3.48. The van der Waals surface area contributed by atoms with E-state index in [1.165, 1.54) is 12.4 Å². The van der Waals surface area contributed by atoms with E-state index in [-0.39, 0.29) is 31.3 Å². The minimum Gasteiger partial charge on any atom is -0.461 e. The standard InChI is InChI=1S/C22H25BrN4O6/c1-2-7-33-22(32)19-18(23)17(13-4-3-12(9-28)14(10-29)15(13)11-30)16(27-19)8-26-21(31)20-24-5-6-25-20/h3-6,27-30H,2,7-11H2,1H3,(H,24,25)(H,26,31). The smallest absolute Gasteiger partial charge is 0.355 e. The average molecular weight is 521 g/mol. The van der Waals surface area contributed by atoms with Gasteiger partial charge in [0.05, 0.1) is 37.4 Å². The number of H-pyrrole nitrogens is 2. The van der Waals surface area contributed by atoms with Crippen molar-refractivity contribution in [3.05, 3.63) is 62.9 Å². The molecular weight excluding hydrogens is 496 g/mol. The molecule has 3 rings (SSSR count). The highest BCUT2D eigenvalue weighted by atomic mass is 79.9. The first kappa shape index (κ1) is 24.6. The fourth-order valence-electron chi connectivity index (χ4n) is 3.49. The van der Waals surface area contributed by atoms with Crippen molar-refractivity contribution >= 4 is 27.8 Å². The lowest BCUT2D eigenvalue weighted by molar-refractivity contribution is 0.0497. The van der Waals surface area contributed by atoms with Crippen molar-refractivity contribution in [1.29, 1.82) is 0 Å². The molecule has 1 aromatic carbocycles. The maximum atomic E-state index is 12.6. The van der Waals surface area contributed by atoms with Crippen LogP contribution in [0.3, 0.4) is 0 Å². The predicted octanol–water partition coefficient (Wildman–Crippen LogP) is 2.14. The number of rotatable bonds is 10. The third-order valence-corrected chi connectivity index (χ3v) is 5.87. The van der Waals surface area contributed by atoms with E-state index < -0.39 is 25.1 Å². The Labute approximate surface area is 198 Å². The number of esters is 1. The normalized spacial score (nSPS) is 10.9. The van der Waals surface area contributed by atoms with Gasteiger partial charge in [-0.15, -0.1) is 0 Å². The monoisotopic (exact) mass is 520 g/mol. The van der Waals surface area contributed by atoms with Gasteiger partial charge in [-0.3, -0.25) is 4.79 Å². The van der Waals surface area contributed by atoms with Crippen LogP contribution in [0.25, 0.3) is 11.1 Å². The molecule has 0 atom stereocenters. The maximum absolute atomic E-state index is 12.6. The number of nitrogens with zero attached hydrogens (tertiary/aromatic N) is 1. The molecule has 0 unspecified atom stereocenters. The number of hydrogen-bond donors (Lipinski definition) is 6. The minimum atomic E-state index is -0.575. The van der Waals surface area contributed by atoms with E-state index in [1.54, 1.807) is 12.1 Å².